The lowest BCUT2D eigenvalue weighted by Gasteiger charge is -2.26. The van der Waals surface area contributed by atoms with Crippen LogP contribution in [-0.4, -0.2) is 42.8 Å². The van der Waals surface area contributed by atoms with E-state index in [1.54, 1.807) is 0 Å². The molecule has 1 N–H and O–H groups in total. The summed E-state index contributed by atoms with van der Waals surface area (Å²) in [5, 5.41) is 8.60. The fraction of sp³-hybridized carbons (Fsp3) is 1.00. The van der Waals surface area contributed by atoms with Gasteiger partial charge in [-0.05, 0) is 19.8 Å². The van der Waals surface area contributed by atoms with Crippen LogP contribution in [0.1, 0.15) is 33.6 Å². The van der Waals surface area contributed by atoms with Crippen molar-refractivity contribution in [2.75, 3.05) is 18.9 Å². The van der Waals surface area contributed by atoms with Crippen LogP contribution in [0.15, 0.2) is 0 Å². The number of rotatable bonds is 7. The molecule has 0 rings (SSSR count). The molecule has 0 aliphatic rings. The van der Waals surface area contributed by atoms with Crippen molar-refractivity contribution in [1.29, 1.82) is 0 Å². The zero-order chi connectivity index (χ0) is 11.2. The molecule has 0 radical (unpaired) electrons. The summed E-state index contributed by atoms with van der Waals surface area (Å²) in [6.45, 7) is 6.14. The minimum Gasteiger partial charge on any atom is -0.396 e. The minimum atomic E-state index is -3.17. The van der Waals surface area contributed by atoms with Crippen molar-refractivity contribution in [3.63, 3.8) is 0 Å². The van der Waals surface area contributed by atoms with Gasteiger partial charge >= 0.3 is 0 Å². The molecule has 0 heterocycles. The molecule has 0 saturated carbocycles. The Balaban J connectivity index is 4.49. The standard InChI is InChI=1S/C9H21NO3S/c1-4-9(3)10(5-2)14(12,13)8-6-7-11/h9,11H,4-8H2,1-3H3. The highest BCUT2D eigenvalue weighted by Gasteiger charge is 2.23. The minimum absolute atomic E-state index is 0.0433. The molecule has 0 spiro atoms. The van der Waals surface area contributed by atoms with Gasteiger partial charge in [0, 0.05) is 19.2 Å². The van der Waals surface area contributed by atoms with E-state index >= 15 is 0 Å². The van der Waals surface area contributed by atoms with Crippen LogP contribution in [0.5, 0.6) is 0 Å². The first-order valence-corrected chi connectivity index (χ1v) is 6.70. The quantitative estimate of drug-likeness (QED) is 0.695. The molecule has 86 valence electrons. The van der Waals surface area contributed by atoms with Crippen LogP contribution in [0.2, 0.25) is 0 Å². The summed E-state index contributed by atoms with van der Waals surface area (Å²) in [4.78, 5) is 0. The number of sulfonamides is 1. The van der Waals surface area contributed by atoms with Crippen molar-refractivity contribution in [2.45, 2.75) is 39.7 Å². The van der Waals surface area contributed by atoms with Gasteiger partial charge in [-0.15, -0.1) is 0 Å². The Labute approximate surface area is 87.0 Å². The average Bonchev–Trinajstić information content (AvgIpc) is 2.15. The van der Waals surface area contributed by atoms with Gasteiger partial charge < -0.3 is 5.11 Å². The van der Waals surface area contributed by atoms with Gasteiger partial charge in [0.25, 0.3) is 0 Å². The van der Waals surface area contributed by atoms with Crippen molar-refractivity contribution in [3.8, 4) is 0 Å². The topological polar surface area (TPSA) is 57.6 Å². The van der Waals surface area contributed by atoms with Gasteiger partial charge in [0.05, 0.1) is 5.75 Å². The molecular weight excluding hydrogens is 202 g/mol. The second-order valence-corrected chi connectivity index (χ2v) is 5.39. The Morgan fingerprint density at radius 3 is 2.29 bits per heavy atom. The van der Waals surface area contributed by atoms with E-state index in [4.69, 9.17) is 5.11 Å². The van der Waals surface area contributed by atoms with E-state index in [0.29, 0.717) is 13.0 Å². The van der Waals surface area contributed by atoms with E-state index in [0.717, 1.165) is 6.42 Å². The Hall–Kier alpha value is -0.130. The zero-order valence-electron chi connectivity index (χ0n) is 9.23. The van der Waals surface area contributed by atoms with E-state index in [-0.39, 0.29) is 18.4 Å². The summed E-state index contributed by atoms with van der Waals surface area (Å²) in [6.07, 6.45) is 1.13. The number of hydrogen-bond donors (Lipinski definition) is 1. The molecule has 0 fully saturated rings. The van der Waals surface area contributed by atoms with Crippen LogP contribution >= 0.6 is 0 Å². The second-order valence-electron chi connectivity index (χ2n) is 3.35. The molecule has 0 amide bonds. The lowest BCUT2D eigenvalue weighted by Crippen LogP contribution is -2.39. The van der Waals surface area contributed by atoms with Gasteiger partial charge in [-0.2, -0.15) is 4.31 Å². The number of aliphatic hydroxyl groups excluding tert-OH is 1. The predicted octanol–water partition coefficient (Wildman–Crippen LogP) is 0.819. The zero-order valence-corrected chi connectivity index (χ0v) is 10.0. The molecule has 14 heavy (non-hydrogen) atoms. The van der Waals surface area contributed by atoms with Crippen molar-refractivity contribution in [3.05, 3.63) is 0 Å². The van der Waals surface area contributed by atoms with Gasteiger partial charge in [-0.1, -0.05) is 13.8 Å². The summed E-state index contributed by atoms with van der Waals surface area (Å²) in [5.74, 6) is 0.0433. The molecule has 0 aliphatic heterocycles. The Morgan fingerprint density at radius 2 is 1.93 bits per heavy atom. The molecule has 5 heteroatoms. The molecule has 0 saturated heterocycles. The first kappa shape index (κ1) is 13.9. The van der Waals surface area contributed by atoms with Crippen LogP contribution < -0.4 is 0 Å². The summed E-state index contributed by atoms with van der Waals surface area (Å²) >= 11 is 0. The van der Waals surface area contributed by atoms with Gasteiger partial charge in [0.15, 0.2) is 0 Å². The normalized spacial score (nSPS) is 14.6. The molecule has 0 aromatic carbocycles. The maximum absolute atomic E-state index is 11.7. The SMILES string of the molecule is CCC(C)N(CC)S(=O)(=O)CCCO. The molecule has 0 aromatic heterocycles. The van der Waals surface area contributed by atoms with Gasteiger partial charge in [0.1, 0.15) is 0 Å². The highest BCUT2D eigenvalue weighted by molar-refractivity contribution is 7.89. The average molecular weight is 223 g/mol. The predicted molar refractivity (Wildman–Crippen MR) is 57.6 cm³/mol. The first-order chi connectivity index (χ1) is 6.49. The molecule has 4 nitrogen and oxygen atoms in total. The highest BCUT2D eigenvalue weighted by atomic mass is 32.2. The van der Waals surface area contributed by atoms with Crippen molar-refractivity contribution >= 4 is 10.0 Å². The molecule has 0 aromatic rings. The monoisotopic (exact) mass is 223 g/mol. The van der Waals surface area contributed by atoms with Crippen LogP contribution in [0.3, 0.4) is 0 Å². The number of hydrogen-bond acceptors (Lipinski definition) is 3. The third-order valence-corrected chi connectivity index (χ3v) is 4.45. The van der Waals surface area contributed by atoms with Gasteiger partial charge in [-0.25, -0.2) is 8.42 Å². The maximum Gasteiger partial charge on any atom is 0.214 e. The summed E-state index contributed by atoms with van der Waals surface area (Å²) in [5.41, 5.74) is 0. The number of aliphatic hydroxyl groups is 1. The van der Waals surface area contributed by atoms with Gasteiger partial charge in [-0.3, -0.25) is 0 Å². The van der Waals surface area contributed by atoms with Crippen LogP contribution in [0, 0.1) is 0 Å². The van der Waals surface area contributed by atoms with Crippen LogP contribution in [0.4, 0.5) is 0 Å². The smallest absolute Gasteiger partial charge is 0.214 e. The van der Waals surface area contributed by atoms with E-state index in [9.17, 15) is 8.42 Å². The second kappa shape index (κ2) is 6.37. The number of nitrogens with zero attached hydrogens (tertiary/aromatic N) is 1. The van der Waals surface area contributed by atoms with Crippen molar-refractivity contribution < 1.29 is 13.5 Å². The lowest BCUT2D eigenvalue weighted by molar-refractivity contribution is 0.291. The van der Waals surface area contributed by atoms with Gasteiger partial charge in [0.2, 0.25) is 10.0 Å². The van der Waals surface area contributed by atoms with E-state index in [2.05, 4.69) is 0 Å². The molecule has 1 unspecified atom stereocenters. The highest BCUT2D eigenvalue weighted by Crippen LogP contribution is 2.10. The maximum atomic E-state index is 11.7. The third kappa shape index (κ3) is 3.94. The first-order valence-electron chi connectivity index (χ1n) is 5.10. The lowest BCUT2D eigenvalue weighted by atomic mass is 10.3. The van der Waals surface area contributed by atoms with Crippen LogP contribution in [-0.2, 0) is 10.0 Å². The van der Waals surface area contributed by atoms with E-state index < -0.39 is 10.0 Å². The fourth-order valence-corrected chi connectivity index (χ4v) is 3.17. The summed E-state index contributed by atoms with van der Waals surface area (Å²) < 4.78 is 25.0. The van der Waals surface area contributed by atoms with Crippen molar-refractivity contribution in [1.82, 2.24) is 4.31 Å². The molecule has 0 bridgehead atoms. The summed E-state index contributed by atoms with van der Waals surface area (Å²) in [7, 11) is -3.17. The Morgan fingerprint density at radius 1 is 1.36 bits per heavy atom. The van der Waals surface area contributed by atoms with E-state index in [1.807, 2.05) is 20.8 Å². The Bertz CT molecular complexity index is 238. The third-order valence-electron chi connectivity index (χ3n) is 2.31. The fourth-order valence-electron chi connectivity index (χ4n) is 1.35. The summed E-state index contributed by atoms with van der Waals surface area (Å²) in [6, 6.07) is 0.0451. The largest absolute Gasteiger partial charge is 0.396 e. The van der Waals surface area contributed by atoms with Crippen molar-refractivity contribution in [2.24, 2.45) is 0 Å². The molecule has 1 atom stereocenters. The van der Waals surface area contributed by atoms with Crippen LogP contribution in [0.25, 0.3) is 0 Å². The molecular formula is C9H21NO3S. The Kier molecular flexibility index (Phi) is 6.31. The molecule has 0 aliphatic carbocycles. The van der Waals surface area contributed by atoms with E-state index in [1.165, 1.54) is 4.31 Å².